The Bertz CT molecular complexity index is 823. The van der Waals surface area contributed by atoms with Gasteiger partial charge in [-0.15, -0.1) is 0 Å². The first-order valence-electron chi connectivity index (χ1n) is 8.68. The van der Waals surface area contributed by atoms with Crippen molar-refractivity contribution in [1.29, 1.82) is 0 Å². The number of nitrogens with one attached hydrogen (secondary N) is 1. The number of piperidine rings is 3. The Morgan fingerprint density at radius 1 is 1.32 bits per heavy atom. The summed E-state index contributed by atoms with van der Waals surface area (Å²) in [7, 11) is 1.65. The average Bonchev–Trinajstić information content (AvgIpc) is 3.05. The molecule has 2 aromatic rings. The molecule has 3 saturated heterocycles. The molecule has 0 radical (unpaired) electrons. The van der Waals surface area contributed by atoms with Crippen LogP contribution in [0.1, 0.15) is 30.3 Å². The second kappa shape index (κ2) is 6.15. The molecule has 2 bridgehead atoms. The predicted molar refractivity (Wildman–Crippen MR) is 93.5 cm³/mol. The summed E-state index contributed by atoms with van der Waals surface area (Å²) in [6.07, 6.45) is 3.91. The third kappa shape index (κ3) is 3.00. The van der Waals surface area contributed by atoms with Gasteiger partial charge in [0.15, 0.2) is 0 Å². The smallest absolute Gasteiger partial charge is 0.270 e. The first-order valence-corrected chi connectivity index (χ1v) is 8.68. The van der Waals surface area contributed by atoms with Crippen molar-refractivity contribution in [2.45, 2.75) is 25.8 Å². The van der Waals surface area contributed by atoms with Crippen LogP contribution in [0, 0.1) is 5.92 Å². The van der Waals surface area contributed by atoms with E-state index in [9.17, 15) is 9.59 Å². The maximum atomic E-state index is 12.6. The summed E-state index contributed by atoms with van der Waals surface area (Å²) in [6, 6.07) is 3.59. The lowest BCUT2D eigenvalue weighted by atomic mass is 9.84. The molecule has 0 saturated carbocycles. The van der Waals surface area contributed by atoms with Crippen LogP contribution in [-0.4, -0.2) is 54.4 Å². The van der Waals surface area contributed by atoms with Gasteiger partial charge < -0.3 is 14.6 Å². The second-order valence-corrected chi connectivity index (χ2v) is 6.99. The number of carbonyl (C=O) groups excluding carboxylic acids is 2. The highest BCUT2D eigenvalue weighted by Crippen LogP contribution is 2.28. The Labute approximate surface area is 146 Å². The Kier molecular flexibility index (Phi) is 3.95. The van der Waals surface area contributed by atoms with Crippen LogP contribution in [0.3, 0.4) is 0 Å². The summed E-state index contributed by atoms with van der Waals surface area (Å²) in [4.78, 5) is 32.1. The van der Waals surface area contributed by atoms with Crippen LogP contribution < -0.4 is 10.2 Å². The molecule has 0 aromatic carbocycles. The molecule has 2 aromatic heterocycles. The van der Waals surface area contributed by atoms with E-state index >= 15 is 0 Å². The summed E-state index contributed by atoms with van der Waals surface area (Å²) < 4.78 is 5.70. The van der Waals surface area contributed by atoms with E-state index in [0.717, 1.165) is 37.9 Å². The van der Waals surface area contributed by atoms with Crippen LogP contribution in [0.15, 0.2) is 22.7 Å². The van der Waals surface area contributed by atoms with Gasteiger partial charge in [-0.3, -0.25) is 19.5 Å². The van der Waals surface area contributed by atoms with E-state index in [1.165, 1.54) is 11.8 Å². The normalized spacial score (nSPS) is 25.1. The summed E-state index contributed by atoms with van der Waals surface area (Å²) in [5.41, 5.74) is 0.896. The number of carbonyl (C=O) groups is 2. The molecule has 2 amide bonds. The molecule has 0 aliphatic carbocycles. The number of pyridine rings is 1. The van der Waals surface area contributed by atoms with Crippen LogP contribution in [0.4, 0.5) is 5.88 Å². The maximum absolute atomic E-state index is 12.6. The minimum Gasteiger partial charge on any atom is -0.440 e. The fourth-order valence-electron chi connectivity index (χ4n) is 3.73. The van der Waals surface area contributed by atoms with Gasteiger partial charge in [-0.1, -0.05) is 0 Å². The van der Waals surface area contributed by atoms with Crippen molar-refractivity contribution in [2.75, 3.05) is 31.6 Å². The van der Waals surface area contributed by atoms with Crippen molar-refractivity contribution in [3.8, 4) is 0 Å². The van der Waals surface area contributed by atoms with Crippen LogP contribution in [0.5, 0.6) is 0 Å². The lowest BCUT2D eigenvalue weighted by Crippen LogP contribution is -2.57. The molecular weight excluding hydrogens is 320 g/mol. The lowest BCUT2D eigenvalue weighted by Gasteiger charge is -2.44. The van der Waals surface area contributed by atoms with Gasteiger partial charge in [0.2, 0.25) is 11.8 Å². The zero-order valence-corrected chi connectivity index (χ0v) is 14.5. The van der Waals surface area contributed by atoms with Gasteiger partial charge >= 0.3 is 0 Å². The van der Waals surface area contributed by atoms with Crippen molar-refractivity contribution in [1.82, 2.24) is 15.2 Å². The number of anilines is 1. The quantitative estimate of drug-likeness (QED) is 0.917. The first-order chi connectivity index (χ1) is 12.0. The van der Waals surface area contributed by atoms with E-state index in [4.69, 9.17) is 4.42 Å². The van der Waals surface area contributed by atoms with E-state index in [0.29, 0.717) is 23.1 Å². The molecule has 3 aliphatic heterocycles. The standard InChI is InChI=1S/C18H22N4O3/c1-11(23)21(2)17-7-13-9-19-14(8-16(13)25-17)18(24)20-15-10-22-5-3-12(15)4-6-22/h7-9,12,15H,3-6,10H2,1-2H3,(H,20,24)/t15-/m0/s1. The third-order valence-corrected chi connectivity index (χ3v) is 5.40. The molecule has 1 N–H and O–H groups in total. The first kappa shape index (κ1) is 16.1. The number of aromatic nitrogens is 1. The fourth-order valence-corrected chi connectivity index (χ4v) is 3.73. The summed E-state index contributed by atoms with van der Waals surface area (Å²) >= 11 is 0. The highest BCUT2D eigenvalue weighted by atomic mass is 16.4. The van der Waals surface area contributed by atoms with E-state index in [-0.39, 0.29) is 17.9 Å². The topological polar surface area (TPSA) is 78.7 Å². The van der Waals surface area contributed by atoms with Gasteiger partial charge in [0.05, 0.1) is 0 Å². The number of hydrogen-bond acceptors (Lipinski definition) is 5. The highest BCUT2D eigenvalue weighted by Gasteiger charge is 2.35. The third-order valence-electron chi connectivity index (χ3n) is 5.40. The van der Waals surface area contributed by atoms with Crippen molar-refractivity contribution in [3.05, 3.63) is 24.0 Å². The second-order valence-electron chi connectivity index (χ2n) is 6.99. The van der Waals surface area contributed by atoms with E-state index < -0.39 is 0 Å². The molecule has 25 heavy (non-hydrogen) atoms. The summed E-state index contributed by atoms with van der Waals surface area (Å²) in [6.45, 7) is 4.67. The largest absolute Gasteiger partial charge is 0.440 e. The molecule has 5 rings (SSSR count). The van der Waals surface area contributed by atoms with E-state index in [1.54, 1.807) is 25.4 Å². The number of furan rings is 1. The minimum absolute atomic E-state index is 0.118. The van der Waals surface area contributed by atoms with Gasteiger partial charge in [0, 0.05) is 50.3 Å². The highest BCUT2D eigenvalue weighted by molar-refractivity contribution is 5.97. The molecular formula is C18H22N4O3. The van der Waals surface area contributed by atoms with Crippen LogP contribution in [0.2, 0.25) is 0 Å². The molecule has 0 unspecified atom stereocenters. The number of hydrogen-bond donors (Lipinski definition) is 1. The minimum atomic E-state index is -0.168. The fraction of sp³-hybridized carbons (Fsp3) is 0.500. The number of nitrogens with zero attached hydrogens (tertiary/aromatic N) is 3. The lowest BCUT2D eigenvalue weighted by molar-refractivity contribution is -0.116. The Morgan fingerprint density at radius 3 is 2.72 bits per heavy atom. The zero-order valence-electron chi connectivity index (χ0n) is 14.5. The maximum Gasteiger partial charge on any atom is 0.270 e. The monoisotopic (exact) mass is 342 g/mol. The molecule has 1 atom stereocenters. The van der Waals surface area contributed by atoms with Gasteiger partial charge in [-0.2, -0.15) is 0 Å². The Hall–Kier alpha value is -2.41. The zero-order chi connectivity index (χ0) is 17.6. The molecule has 5 heterocycles. The van der Waals surface area contributed by atoms with E-state index in [2.05, 4.69) is 15.2 Å². The van der Waals surface area contributed by atoms with Crippen LogP contribution in [-0.2, 0) is 4.79 Å². The summed E-state index contributed by atoms with van der Waals surface area (Å²) in [5.74, 6) is 0.724. The number of fused-ring (bicyclic) bond motifs is 4. The van der Waals surface area contributed by atoms with Gasteiger partial charge in [0.25, 0.3) is 5.91 Å². The number of amides is 2. The van der Waals surface area contributed by atoms with Gasteiger partial charge in [-0.25, -0.2) is 0 Å². The number of rotatable bonds is 3. The van der Waals surface area contributed by atoms with Crippen LogP contribution in [0.25, 0.3) is 11.0 Å². The average molecular weight is 342 g/mol. The van der Waals surface area contributed by atoms with Crippen molar-refractivity contribution in [3.63, 3.8) is 0 Å². The van der Waals surface area contributed by atoms with Crippen molar-refractivity contribution < 1.29 is 14.0 Å². The SMILES string of the molecule is CC(=O)N(C)c1cc2cnc(C(=O)N[C@H]3CN4CCC3CC4)cc2o1. The van der Waals surface area contributed by atoms with E-state index in [1.807, 2.05) is 0 Å². The molecule has 0 spiro atoms. The van der Waals surface area contributed by atoms with Gasteiger partial charge in [-0.05, 0) is 31.8 Å². The molecule has 3 fully saturated rings. The predicted octanol–water partition coefficient (Wildman–Crippen LogP) is 1.63. The molecule has 7 heteroatoms. The molecule has 3 aliphatic rings. The van der Waals surface area contributed by atoms with Crippen molar-refractivity contribution in [2.24, 2.45) is 5.92 Å². The molecule has 132 valence electrons. The Balaban J connectivity index is 1.52. The van der Waals surface area contributed by atoms with Gasteiger partial charge in [0.1, 0.15) is 11.3 Å². The summed E-state index contributed by atoms with van der Waals surface area (Å²) in [5, 5.41) is 3.90. The molecule has 7 nitrogen and oxygen atoms in total. The Morgan fingerprint density at radius 2 is 2.08 bits per heavy atom. The van der Waals surface area contributed by atoms with Crippen LogP contribution >= 0.6 is 0 Å². The van der Waals surface area contributed by atoms with Crippen molar-refractivity contribution >= 4 is 28.7 Å².